The Bertz CT molecular complexity index is 748. The van der Waals surface area contributed by atoms with Gasteiger partial charge in [-0.3, -0.25) is 9.78 Å². The number of hydrogen-bond donors (Lipinski definition) is 0. The highest BCUT2D eigenvalue weighted by Crippen LogP contribution is 2.19. The topological polar surface area (TPSA) is 39.2 Å². The minimum atomic E-state index is 0.0859. The van der Waals surface area contributed by atoms with Crippen LogP contribution in [0.2, 0.25) is 0 Å². The SMILES string of the molecule is O=C(CCOc1ccccc1)c1cccc2cnccc12. The van der Waals surface area contributed by atoms with Crippen LogP contribution in [0.1, 0.15) is 16.8 Å². The Balaban J connectivity index is 1.70. The fourth-order valence-corrected chi connectivity index (χ4v) is 2.28. The minimum Gasteiger partial charge on any atom is -0.493 e. The van der Waals surface area contributed by atoms with Crippen molar-refractivity contribution >= 4 is 16.6 Å². The van der Waals surface area contributed by atoms with E-state index in [0.29, 0.717) is 13.0 Å². The molecule has 2 aromatic carbocycles. The molecule has 0 radical (unpaired) electrons. The van der Waals surface area contributed by atoms with Gasteiger partial charge in [-0.2, -0.15) is 0 Å². The van der Waals surface area contributed by atoms with E-state index >= 15 is 0 Å². The molecule has 0 unspecified atom stereocenters. The van der Waals surface area contributed by atoms with Crippen LogP contribution in [0.25, 0.3) is 10.8 Å². The number of Topliss-reactive ketones (excluding diaryl/α,β-unsaturated/α-hetero) is 1. The van der Waals surface area contributed by atoms with Crippen molar-refractivity contribution in [3.05, 3.63) is 72.6 Å². The number of aromatic nitrogens is 1. The lowest BCUT2D eigenvalue weighted by molar-refractivity contribution is 0.0964. The third kappa shape index (κ3) is 3.08. The summed E-state index contributed by atoms with van der Waals surface area (Å²) in [4.78, 5) is 16.4. The third-order valence-corrected chi connectivity index (χ3v) is 3.32. The first kappa shape index (κ1) is 13.3. The monoisotopic (exact) mass is 277 g/mol. The van der Waals surface area contributed by atoms with Crippen molar-refractivity contribution in [3.8, 4) is 5.75 Å². The number of nitrogens with zero attached hydrogens (tertiary/aromatic N) is 1. The molecule has 0 aliphatic heterocycles. The lowest BCUT2D eigenvalue weighted by Gasteiger charge is -2.07. The van der Waals surface area contributed by atoms with Crippen molar-refractivity contribution in [3.63, 3.8) is 0 Å². The molecule has 0 amide bonds. The Hall–Kier alpha value is -2.68. The third-order valence-electron chi connectivity index (χ3n) is 3.32. The van der Waals surface area contributed by atoms with Crippen molar-refractivity contribution in [2.24, 2.45) is 0 Å². The predicted octanol–water partition coefficient (Wildman–Crippen LogP) is 3.89. The van der Waals surface area contributed by atoms with E-state index in [1.54, 1.807) is 12.4 Å². The van der Waals surface area contributed by atoms with Gasteiger partial charge in [0.25, 0.3) is 0 Å². The molecular weight excluding hydrogens is 262 g/mol. The molecule has 104 valence electrons. The molecule has 0 aliphatic rings. The molecule has 3 nitrogen and oxygen atoms in total. The molecule has 3 rings (SSSR count). The maximum absolute atomic E-state index is 12.3. The molecule has 0 N–H and O–H groups in total. The molecule has 3 heteroatoms. The van der Waals surface area contributed by atoms with Crippen LogP contribution in [0, 0.1) is 0 Å². The molecule has 1 heterocycles. The van der Waals surface area contributed by atoms with Crippen molar-refractivity contribution in [1.82, 2.24) is 4.98 Å². The zero-order valence-electron chi connectivity index (χ0n) is 11.5. The number of fused-ring (bicyclic) bond motifs is 1. The first-order valence-corrected chi connectivity index (χ1v) is 6.88. The molecule has 3 aromatic rings. The second-order valence-electron chi connectivity index (χ2n) is 4.74. The van der Waals surface area contributed by atoms with Gasteiger partial charge in [-0.1, -0.05) is 36.4 Å². The number of benzene rings is 2. The number of ether oxygens (including phenoxy) is 1. The Kier molecular flexibility index (Phi) is 3.92. The van der Waals surface area contributed by atoms with E-state index in [1.165, 1.54) is 0 Å². The van der Waals surface area contributed by atoms with E-state index in [9.17, 15) is 4.79 Å². The van der Waals surface area contributed by atoms with Crippen LogP contribution >= 0.6 is 0 Å². The first-order chi connectivity index (χ1) is 10.3. The van der Waals surface area contributed by atoms with Gasteiger partial charge in [-0.25, -0.2) is 0 Å². The summed E-state index contributed by atoms with van der Waals surface area (Å²) < 4.78 is 5.58. The average molecular weight is 277 g/mol. The van der Waals surface area contributed by atoms with Gasteiger partial charge in [0.15, 0.2) is 5.78 Å². The van der Waals surface area contributed by atoms with Crippen LogP contribution in [-0.4, -0.2) is 17.4 Å². The number of carbonyl (C=O) groups is 1. The van der Waals surface area contributed by atoms with Gasteiger partial charge >= 0.3 is 0 Å². The van der Waals surface area contributed by atoms with E-state index in [2.05, 4.69) is 4.98 Å². The smallest absolute Gasteiger partial charge is 0.166 e. The van der Waals surface area contributed by atoms with Crippen LogP contribution in [0.3, 0.4) is 0 Å². The Morgan fingerprint density at radius 2 is 1.86 bits per heavy atom. The van der Waals surface area contributed by atoms with E-state index in [0.717, 1.165) is 22.1 Å². The van der Waals surface area contributed by atoms with Crippen LogP contribution in [0.15, 0.2) is 67.0 Å². The highest BCUT2D eigenvalue weighted by Gasteiger charge is 2.10. The summed E-state index contributed by atoms with van der Waals surface area (Å²) in [5.74, 6) is 0.871. The fraction of sp³-hybridized carbons (Fsp3) is 0.111. The van der Waals surface area contributed by atoms with Gasteiger partial charge in [0, 0.05) is 29.8 Å². The molecule has 0 fully saturated rings. The number of pyridine rings is 1. The summed E-state index contributed by atoms with van der Waals surface area (Å²) in [6, 6.07) is 17.1. The average Bonchev–Trinajstić information content (AvgIpc) is 2.55. The van der Waals surface area contributed by atoms with Crippen LogP contribution in [-0.2, 0) is 0 Å². The van der Waals surface area contributed by atoms with Gasteiger partial charge in [-0.15, -0.1) is 0 Å². The molecule has 0 spiro atoms. The van der Waals surface area contributed by atoms with Crippen LogP contribution in [0.4, 0.5) is 0 Å². The number of ketones is 1. The summed E-state index contributed by atoms with van der Waals surface area (Å²) in [6.45, 7) is 0.379. The Morgan fingerprint density at radius 3 is 2.71 bits per heavy atom. The molecule has 0 saturated carbocycles. The number of para-hydroxylation sites is 1. The van der Waals surface area contributed by atoms with Crippen molar-refractivity contribution in [2.45, 2.75) is 6.42 Å². The number of carbonyl (C=O) groups excluding carboxylic acids is 1. The summed E-state index contributed by atoms with van der Waals surface area (Å²) in [6.07, 6.45) is 3.84. The van der Waals surface area contributed by atoms with Crippen molar-refractivity contribution in [2.75, 3.05) is 6.61 Å². The van der Waals surface area contributed by atoms with Crippen LogP contribution < -0.4 is 4.74 Å². The second kappa shape index (κ2) is 6.18. The molecule has 21 heavy (non-hydrogen) atoms. The van der Waals surface area contributed by atoms with Gasteiger partial charge in [0.1, 0.15) is 5.75 Å². The summed E-state index contributed by atoms with van der Waals surface area (Å²) >= 11 is 0. The van der Waals surface area contributed by atoms with Gasteiger partial charge < -0.3 is 4.74 Å². The second-order valence-corrected chi connectivity index (χ2v) is 4.74. The maximum Gasteiger partial charge on any atom is 0.166 e. The highest BCUT2D eigenvalue weighted by atomic mass is 16.5. The highest BCUT2D eigenvalue weighted by molar-refractivity contribution is 6.07. The molecule has 1 aromatic heterocycles. The molecule has 0 saturated heterocycles. The molecule has 0 bridgehead atoms. The predicted molar refractivity (Wildman–Crippen MR) is 82.6 cm³/mol. The van der Waals surface area contributed by atoms with E-state index in [-0.39, 0.29) is 5.78 Å². The van der Waals surface area contributed by atoms with E-state index in [1.807, 2.05) is 54.6 Å². The molecular formula is C18H15NO2. The summed E-state index contributed by atoms with van der Waals surface area (Å²) in [5.41, 5.74) is 0.728. The van der Waals surface area contributed by atoms with E-state index in [4.69, 9.17) is 4.74 Å². The summed E-state index contributed by atoms with van der Waals surface area (Å²) in [7, 11) is 0. The molecule has 0 aliphatic carbocycles. The van der Waals surface area contributed by atoms with E-state index < -0.39 is 0 Å². The molecule has 0 atom stereocenters. The van der Waals surface area contributed by atoms with Crippen molar-refractivity contribution in [1.29, 1.82) is 0 Å². The quantitative estimate of drug-likeness (QED) is 0.664. The fourth-order valence-electron chi connectivity index (χ4n) is 2.28. The van der Waals surface area contributed by atoms with Gasteiger partial charge in [-0.05, 0) is 23.6 Å². The Morgan fingerprint density at radius 1 is 1.00 bits per heavy atom. The number of rotatable bonds is 5. The maximum atomic E-state index is 12.3. The zero-order chi connectivity index (χ0) is 14.5. The van der Waals surface area contributed by atoms with Crippen LogP contribution in [0.5, 0.6) is 5.75 Å². The minimum absolute atomic E-state index is 0.0859. The van der Waals surface area contributed by atoms with Gasteiger partial charge in [0.05, 0.1) is 6.61 Å². The lowest BCUT2D eigenvalue weighted by atomic mass is 10.0. The largest absolute Gasteiger partial charge is 0.493 e. The standard InChI is InChI=1S/C18H15NO2/c20-18(10-12-21-15-6-2-1-3-7-15)17-8-4-5-14-13-19-11-9-16(14)17/h1-9,11,13H,10,12H2. The Labute approximate surface area is 123 Å². The van der Waals surface area contributed by atoms with Crippen molar-refractivity contribution < 1.29 is 9.53 Å². The summed E-state index contributed by atoms with van der Waals surface area (Å²) in [5, 5.41) is 1.92. The number of hydrogen-bond acceptors (Lipinski definition) is 3. The van der Waals surface area contributed by atoms with Gasteiger partial charge in [0.2, 0.25) is 0 Å². The zero-order valence-corrected chi connectivity index (χ0v) is 11.5. The normalized spacial score (nSPS) is 10.5. The lowest BCUT2D eigenvalue weighted by Crippen LogP contribution is -2.07. The first-order valence-electron chi connectivity index (χ1n) is 6.88.